The van der Waals surface area contributed by atoms with Gasteiger partial charge in [-0.15, -0.1) is 0 Å². The van der Waals surface area contributed by atoms with Gasteiger partial charge in [0.15, 0.2) is 0 Å². The molecule has 2 saturated heterocycles. The van der Waals surface area contributed by atoms with Gasteiger partial charge in [0.05, 0.1) is 18.3 Å². The van der Waals surface area contributed by atoms with Gasteiger partial charge in [0.1, 0.15) is 0 Å². The minimum Gasteiger partial charge on any atom is -0.381 e. The highest BCUT2D eigenvalue weighted by atomic mass is 16.5. The normalized spacial score (nSPS) is 23.4. The molecule has 0 saturated carbocycles. The van der Waals surface area contributed by atoms with Crippen LogP contribution in [0.2, 0.25) is 0 Å². The third kappa shape index (κ3) is 4.14. The first kappa shape index (κ1) is 17.4. The lowest BCUT2D eigenvalue weighted by atomic mass is 9.92. The van der Waals surface area contributed by atoms with E-state index in [2.05, 4.69) is 17.4 Å². The van der Waals surface area contributed by atoms with E-state index in [1.54, 1.807) is 0 Å². The summed E-state index contributed by atoms with van der Waals surface area (Å²) in [5.74, 6) is 0.795. The van der Waals surface area contributed by atoms with Crippen molar-refractivity contribution in [3.8, 4) is 0 Å². The summed E-state index contributed by atoms with van der Waals surface area (Å²) >= 11 is 0. The summed E-state index contributed by atoms with van der Waals surface area (Å²) in [4.78, 5) is 17.2. The van der Waals surface area contributed by atoms with Gasteiger partial charge in [0, 0.05) is 43.3 Å². The molecule has 0 aromatic carbocycles. The van der Waals surface area contributed by atoms with Crippen LogP contribution in [-0.4, -0.2) is 37.3 Å². The fraction of sp³-hybridized carbons (Fsp3) is 0.684. The van der Waals surface area contributed by atoms with Crippen molar-refractivity contribution in [1.29, 1.82) is 0 Å². The van der Waals surface area contributed by atoms with E-state index in [-0.39, 0.29) is 17.9 Å². The molecule has 5 heteroatoms. The minimum absolute atomic E-state index is 0.0338. The maximum Gasteiger partial charge on any atom is 0.223 e. The van der Waals surface area contributed by atoms with Crippen LogP contribution < -0.4 is 5.32 Å². The van der Waals surface area contributed by atoms with Crippen molar-refractivity contribution < 1.29 is 14.3 Å². The molecule has 2 unspecified atom stereocenters. The third-order valence-corrected chi connectivity index (χ3v) is 5.01. The molecule has 5 nitrogen and oxygen atoms in total. The van der Waals surface area contributed by atoms with Gasteiger partial charge in [-0.25, -0.2) is 0 Å². The third-order valence-electron chi connectivity index (χ3n) is 5.01. The molecule has 0 aliphatic carbocycles. The molecule has 0 bridgehead atoms. The zero-order chi connectivity index (χ0) is 16.9. The van der Waals surface area contributed by atoms with Crippen LogP contribution in [0.15, 0.2) is 18.2 Å². The van der Waals surface area contributed by atoms with Gasteiger partial charge in [0.2, 0.25) is 5.91 Å². The average Bonchev–Trinajstić information content (AvgIpc) is 3.14. The van der Waals surface area contributed by atoms with E-state index < -0.39 is 0 Å². The van der Waals surface area contributed by atoms with E-state index in [0.29, 0.717) is 18.4 Å². The molecule has 2 aliphatic heterocycles. The number of aromatic nitrogens is 1. The number of pyridine rings is 1. The van der Waals surface area contributed by atoms with Crippen molar-refractivity contribution in [2.75, 3.05) is 26.4 Å². The van der Waals surface area contributed by atoms with Crippen LogP contribution in [0.4, 0.5) is 0 Å². The Hall–Kier alpha value is -1.46. The standard InChI is InChI=1S/C19H28N2O3/c1-13(2)19(22)21-18(15-8-11-24-12-15)17-5-3-4-16(20-17)14-6-9-23-10-7-14/h3-5,13-15,18H,6-12H2,1-2H3,(H,21,22). The largest absolute Gasteiger partial charge is 0.381 e. The molecule has 132 valence electrons. The SMILES string of the molecule is CC(C)C(=O)NC(c1cccc(C2CCOCC2)n1)C1CCOC1. The van der Waals surface area contributed by atoms with E-state index in [1.807, 2.05) is 19.9 Å². The molecular weight excluding hydrogens is 304 g/mol. The van der Waals surface area contributed by atoms with Crippen LogP contribution in [0.3, 0.4) is 0 Å². The van der Waals surface area contributed by atoms with E-state index in [0.717, 1.165) is 50.5 Å². The first-order valence-corrected chi connectivity index (χ1v) is 9.08. The van der Waals surface area contributed by atoms with Crippen molar-refractivity contribution in [2.45, 2.75) is 45.1 Å². The fourth-order valence-corrected chi connectivity index (χ4v) is 3.43. The Kier molecular flexibility index (Phi) is 5.85. The van der Waals surface area contributed by atoms with Gasteiger partial charge in [-0.2, -0.15) is 0 Å². The molecule has 3 rings (SSSR count). The number of rotatable bonds is 5. The van der Waals surface area contributed by atoms with E-state index >= 15 is 0 Å². The van der Waals surface area contributed by atoms with E-state index in [1.165, 1.54) is 0 Å². The number of hydrogen-bond donors (Lipinski definition) is 1. The summed E-state index contributed by atoms with van der Waals surface area (Å²) in [6.07, 6.45) is 3.00. The highest BCUT2D eigenvalue weighted by Crippen LogP contribution is 2.31. The van der Waals surface area contributed by atoms with Crippen LogP contribution in [0.5, 0.6) is 0 Å². The highest BCUT2D eigenvalue weighted by molar-refractivity contribution is 5.78. The Labute approximate surface area is 144 Å². The molecule has 2 fully saturated rings. The lowest BCUT2D eigenvalue weighted by molar-refractivity contribution is -0.125. The van der Waals surface area contributed by atoms with E-state index in [4.69, 9.17) is 14.5 Å². The van der Waals surface area contributed by atoms with Crippen LogP contribution in [0, 0.1) is 11.8 Å². The molecule has 2 atom stereocenters. The second kappa shape index (κ2) is 8.08. The van der Waals surface area contributed by atoms with Gasteiger partial charge in [0.25, 0.3) is 0 Å². The smallest absolute Gasteiger partial charge is 0.223 e. The summed E-state index contributed by atoms with van der Waals surface area (Å²) in [7, 11) is 0. The van der Waals surface area contributed by atoms with Crippen molar-refractivity contribution in [3.05, 3.63) is 29.6 Å². The first-order chi connectivity index (χ1) is 11.6. The van der Waals surface area contributed by atoms with Crippen molar-refractivity contribution in [3.63, 3.8) is 0 Å². The summed E-state index contributed by atoms with van der Waals surface area (Å²) in [6.45, 7) is 6.90. The number of carbonyl (C=O) groups is 1. The molecule has 24 heavy (non-hydrogen) atoms. The summed E-state index contributed by atoms with van der Waals surface area (Å²) in [5, 5.41) is 3.20. The first-order valence-electron chi connectivity index (χ1n) is 9.08. The Morgan fingerprint density at radius 3 is 2.58 bits per heavy atom. The van der Waals surface area contributed by atoms with Gasteiger partial charge < -0.3 is 14.8 Å². The fourth-order valence-electron chi connectivity index (χ4n) is 3.43. The zero-order valence-corrected chi connectivity index (χ0v) is 14.7. The summed E-state index contributed by atoms with van der Waals surface area (Å²) in [6, 6.07) is 6.14. The number of hydrogen-bond acceptors (Lipinski definition) is 4. The van der Waals surface area contributed by atoms with Crippen molar-refractivity contribution in [2.24, 2.45) is 11.8 Å². The van der Waals surface area contributed by atoms with Crippen LogP contribution in [0.1, 0.15) is 56.5 Å². The number of nitrogens with one attached hydrogen (secondary N) is 1. The maximum atomic E-state index is 12.3. The van der Waals surface area contributed by atoms with Crippen molar-refractivity contribution >= 4 is 5.91 Å². The lowest BCUT2D eigenvalue weighted by Gasteiger charge is -2.26. The second-order valence-electron chi connectivity index (χ2n) is 7.14. The number of carbonyl (C=O) groups excluding carboxylic acids is 1. The monoisotopic (exact) mass is 332 g/mol. The average molecular weight is 332 g/mol. The molecule has 3 heterocycles. The van der Waals surface area contributed by atoms with Gasteiger partial charge in [-0.05, 0) is 31.4 Å². The molecule has 1 N–H and O–H groups in total. The second-order valence-corrected chi connectivity index (χ2v) is 7.14. The number of ether oxygens (including phenoxy) is 2. The predicted octanol–water partition coefficient (Wildman–Crippen LogP) is 2.83. The number of nitrogens with zero attached hydrogens (tertiary/aromatic N) is 1. The molecular formula is C19H28N2O3. The Balaban J connectivity index is 1.81. The predicted molar refractivity (Wildman–Crippen MR) is 91.7 cm³/mol. The lowest BCUT2D eigenvalue weighted by Crippen LogP contribution is -2.37. The molecule has 0 spiro atoms. The Bertz CT molecular complexity index is 549. The molecule has 2 aliphatic rings. The maximum absolute atomic E-state index is 12.3. The van der Waals surface area contributed by atoms with Gasteiger partial charge in [-0.1, -0.05) is 19.9 Å². The molecule has 1 aromatic heterocycles. The highest BCUT2D eigenvalue weighted by Gasteiger charge is 2.30. The summed E-state index contributed by atoms with van der Waals surface area (Å²) in [5.41, 5.74) is 2.09. The van der Waals surface area contributed by atoms with Crippen LogP contribution in [0.25, 0.3) is 0 Å². The molecule has 1 amide bonds. The minimum atomic E-state index is -0.0674. The Morgan fingerprint density at radius 2 is 1.92 bits per heavy atom. The van der Waals surface area contributed by atoms with Gasteiger partial charge in [-0.3, -0.25) is 9.78 Å². The molecule has 1 aromatic rings. The van der Waals surface area contributed by atoms with Crippen LogP contribution in [-0.2, 0) is 14.3 Å². The van der Waals surface area contributed by atoms with Crippen molar-refractivity contribution in [1.82, 2.24) is 10.3 Å². The quantitative estimate of drug-likeness (QED) is 0.901. The summed E-state index contributed by atoms with van der Waals surface area (Å²) < 4.78 is 11.0. The topological polar surface area (TPSA) is 60.5 Å². The Morgan fingerprint density at radius 1 is 1.17 bits per heavy atom. The molecule has 0 radical (unpaired) electrons. The van der Waals surface area contributed by atoms with E-state index in [9.17, 15) is 4.79 Å². The number of amides is 1. The van der Waals surface area contributed by atoms with Gasteiger partial charge >= 0.3 is 0 Å². The zero-order valence-electron chi connectivity index (χ0n) is 14.7. The van der Waals surface area contributed by atoms with Crippen LogP contribution >= 0.6 is 0 Å².